The van der Waals surface area contributed by atoms with E-state index in [0.29, 0.717) is 17.2 Å². The SMILES string of the molecule is CCCCCCCC1CCC(c2ccc(C(=O)Oc3ccc(S)cc3)cc2)CC1. The number of rotatable bonds is 9. The summed E-state index contributed by atoms with van der Waals surface area (Å²) in [6.45, 7) is 2.28. The van der Waals surface area contributed by atoms with Crippen molar-refractivity contribution in [2.75, 3.05) is 0 Å². The Balaban J connectivity index is 1.44. The number of carbonyl (C=O) groups excluding carboxylic acids is 1. The summed E-state index contributed by atoms with van der Waals surface area (Å²) in [4.78, 5) is 13.2. The lowest BCUT2D eigenvalue weighted by atomic mass is 9.77. The average Bonchev–Trinajstić information content (AvgIpc) is 2.76. The molecule has 2 aromatic carbocycles. The lowest BCUT2D eigenvalue weighted by Gasteiger charge is -2.29. The molecule has 0 saturated heterocycles. The highest BCUT2D eigenvalue weighted by molar-refractivity contribution is 7.80. The zero-order valence-corrected chi connectivity index (χ0v) is 18.5. The van der Waals surface area contributed by atoms with Gasteiger partial charge in [-0.25, -0.2) is 4.79 Å². The molecule has 1 aliphatic rings. The number of thiol groups is 1. The molecular formula is C26H34O2S. The van der Waals surface area contributed by atoms with Crippen molar-refractivity contribution in [1.82, 2.24) is 0 Å². The van der Waals surface area contributed by atoms with Crippen LogP contribution in [0.2, 0.25) is 0 Å². The minimum absolute atomic E-state index is 0.310. The van der Waals surface area contributed by atoms with E-state index in [1.165, 1.54) is 69.8 Å². The standard InChI is InChI=1S/C26H34O2S/c1-2-3-4-5-6-7-20-8-10-21(11-9-20)22-12-14-23(15-13-22)26(27)28-24-16-18-25(29)19-17-24/h12-21,29H,2-11H2,1H3. The molecule has 3 rings (SSSR count). The number of carbonyl (C=O) groups is 1. The first-order valence-corrected chi connectivity index (χ1v) is 11.7. The summed E-state index contributed by atoms with van der Waals surface area (Å²) in [7, 11) is 0. The van der Waals surface area contributed by atoms with E-state index < -0.39 is 0 Å². The molecule has 0 amide bonds. The fraction of sp³-hybridized carbons (Fsp3) is 0.500. The first-order chi connectivity index (χ1) is 14.2. The second kappa shape index (κ2) is 11.4. The lowest BCUT2D eigenvalue weighted by Crippen LogP contribution is -2.14. The van der Waals surface area contributed by atoms with Crippen LogP contribution in [0.25, 0.3) is 0 Å². The topological polar surface area (TPSA) is 26.3 Å². The number of hydrogen-bond donors (Lipinski definition) is 1. The van der Waals surface area contributed by atoms with E-state index in [4.69, 9.17) is 4.74 Å². The van der Waals surface area contributed by atoms with Gasteiger partial charge in [0, 0.05) is 4.90 Å². The fourth-order valence-electron chi connectivity index (χ4n) is 4.39. The number of esters is 1. The van der Waals surface area contributed by atoms with Crippen LogP contribution in [0.5, 0.6) is 5.75 Å². The van der Waals surface area contributed by atoms with Crippen molar-refractivity contribution in [2.24, 2.45) is 5.92 Å². The quantitative estimate of drug-likeness (QED) is 0.197. The Hall–Kier alpha value is -1.74. The van der Waals surface area contributed by atoms with Crippen molar-refractivity contribution in [3.8, 4) is 5.75 Å². The molecule has 1 fully saturated rings. The molecule has 0 aliphatic heterocycles. The lowest BCUT2D eigenvalue weighted by molar-refractivity contribution is 0.0734. The Labute approximate surface area is 181 Å². The zero-order chi connectivity index (χ0) is 20.5. The maximum Gasteiger partial charge on any atom is 0.343 e. The Bertz CT molecular complexity index is 743. The van der Waals surface area contributed by atoms with E-state index in [1.807, 2.05) is 24.3 Å². The van der Waals surface area contributed by atoms with Crippen LogP contribution >= 0.6 is 12.6 Å². The van der Waals surface area contributed by atoms with Gasteiger partial charge in [-0.05, 0) is 79.5 Å². The van der Waals surface area contributed by atoms with Crippen molar-refractivity contribution < 1.29 is 9.53 Å². The predicted molar refractivity (Wildman–Crippen MR) is 123 cm³/mol. The van der Waals surface area contributed by atoms with Crippen LogP contribution in [0.4, 0.5) is 0 Å². The van der Waals surface area contributed by atoms with E-state index in [0.717, 1.165) is 10.8 Å². The van der Waals surface area contributed by atoms with Crippen LogP contribution < -0.4 is 4.74 Å². The molecule has 2 aromatic rings. The third-order valence-electron chi connectivity index (χ3n) is 6.23. The molecule has 0 spiro atoms. The highest BCUT2D eigenvalue weighted by Crippen LogP contribution is 2.37. The van der Waals surface area contributed by atoms with E-state index >= 15 is 0 Å². The highest BCUT2D eigenvalue weighted by Gasteiger charge is 2.22. The van der Waals surface area contributed by atoms with Crippen LogP contribution in [0, 0.1) is 5.92 Å². The average molecular weight is 411 g/mol. The van der Waals surface area contributed by atoms with Crippen LogP contribution in [0.1, 0.15) is 93.0 Å². The minimum atomic E-state index is -0.310. The van der Waals surface area contributed by atoms with Crippen LogP contribution in [-0.2, 0) is 0 Å². The Kier molecular flexibility index (Phi) is 8.67. The van der Waals surface area contributed by atoms with Crippen LogP contribution in [0.3, 0.4) is 0 Å². The second-order valence-corrected chi connectivity index (χ2v) is 8.94. The summed E-state index contributed by atoms with van der Waals surface area (Å²) in [5.41, 5.74) is 1.96. The van der Waals surface area contributed by atoms with Crippen molar-refractivity contribution >= 4 is 18.6 Å². The van der Waals surface area contributed by atoms with Gasteiger partial charge in [-0.2, -0.15) is 0 Å². The van der Waals surface area contributed by atoms with Crippen LogP contribution in [-0.4, -0.2) is 5.97 Å². The fourth-order valence-corrected chi connectivity index (χ4v) is 4.54. The molecule has 156 valence electrons. The maximum absolute atomic E-state index is 12.4. The normalized spacial score (nSPS) is 19.1. The van der Waals surface area contributed by atoms with Gasteiger partial charge in [0.25, 0.3) is 0 Å². The van der Waals surface area contributed by atoms with Crippen molar-refractivity contribution in [2.45, 2.75) is 81.9 Å². The summed E-state index contributed by atoms with van der Waals surface area (Å²) < 4.78 is 5.44. The largest absolute Gasteiger partial charge is 0.423 e. The molecule has 1 aliphatic carbocycles. The Morgan fingerprint density at radius 2 is 1.55 bits per heavy atom. The summed E-state index contributed by atoms with van der Waals surface area (Å²) in [6, 6.07) is 15.2. The molecule has 0 atom stereocenters. The van der Waals surface area contributed by atoms with Crippen molar-refractivity contribution in [1.29, 1.82) is 0 Å². The van der Waals surface area contributed by atoms with E-state index in [-0.39, 0.29) is 5.97 Å². The van der Waals surface area contributed by atoms with Gasteiger partial charge >= 0.3 is 5.97 Å². The van der Waals surface area contributed by atoms with Gasteiger partial charge in [-0.1, -0.05) is 57.6 Å². The third kappa shape index (κ3) is 6.92. The maximum atomic E-state index is 12.4. The van der Waals surface area contributed by atoms with Gasteiger partial charge in [0.1, 0.15) is 5.75 Å². The monoisotopic (exact) mass is 410 g/mol. The number of benzene rings is 2. The summed E-state index contributed by atoms with van der Waals surface area (Å²) in [5.74, 6) is 1.80. The molecule has 3 heteroatoms. The second-order valence-electron chi connectivity index (χ2n) is 8.43. The summed E-state index contributed by atoms with van der Waals surface area (Å²) >= 11 is 4.25. The molecular weight excluding hydrogens is 376 g/mol. The zero-order valence-electron chi connectivity index (χ0n) is 17.6. The Morgan fingerprint density at radius 1 is 0.897 bits per heavy atom. The smallest absolute Gasteiger partial charge is 0.343 e. The number of hydrogen-bond acceptors (Lipinski definition) is 3. The molecule has 2 nitrogen and oxygen atoms in total. The summed E-state index contributed by atoms with van der Waals surface area (Å²) in [5, 5.41) is 0. The third-order valence-corrected chi connectivity index (χ3v) is 6.53. The molecule has 0 radical (unpaired) electrons. The van der Waals surface area contributed by atoms with Gasteiger partial charge in [0.15, 0.2) is 0 Å². The van der Waals surface area contributed by atoms with Crippen LogP contribution in [0.15, 0.2) is 53.4 Å². The van der Waals surface area contributed by atoms with Gasteiger partial charge in [-0.3, -0.25) is 0 Å². The Morgan fingerprint density at radius 3 is 2.21 bits per heavy atom. The molecule has 0 heterocycles. The summed E-state index contributed by atoms with van der Waals surface area (Å²) in [6.07, 6.45) is 13.6. The number of unbranched alkanes of at least 4 members (excludes halogenated alkanes) is 4. The van der Waals surface area contributed by atoms with E-state index in [2.05, 4.69) is 31.7 Å². The van der Waals surface area contributed by atoms with E-state index in [9.17, 15) is 4.79 Å². The molecule has 0 unspecified atom stereocenters. The molecule has 1 saturated carbocycles. The van der Waals surface area contributed by atoms with Crippen molar-refractivity contribution in [3.05, 3.63) is 59.7 Å². The molecule has 0 aromatic heterocycles. The van der Waals surface area contributed by atoms with Gasteiger partial charge < -0.3 is 4.74 Å². The predicted octanol–water partition coefficient (Wildman–Crippen LogP) is 7.83. The number of ether oxygens (including phenoxy) is 1. The highest BCUT2D eigenvalue weighted by atomic mass is 32.1. The first kappa shape index (κ1) is 22.0. The molecule has 0 bridgehead atoms. The van der Waals surface area contributed by atoms with E-state index in [1.54, 1.807) is 12.1 Å². The van der Waals surface area contributed by atoms with Gasteiger partial charge in [0.2, 0.25) is 0 Å². The minimum Gasteiger partial charge on any atom is -0.423 e. The molecule has 29 heavy (non-hydrogen) atoms. The molecule has 0 N–H and O–H groups in total. The van der Waals surface area contributed by atoms with Gasteiger partial charge in [0.05, 0.1) is 5.56 Å². The first-order valence-electron chi connectivity index (χ1n) is 11.3. The van der Waals surface area contributed by atoms with Gasteiger partial charge in [-0.15, -0.1) is 12.6 Å². The van der Waals surface area contributed by atoms with Crippen molar-refractivity contribution in [3.63, 3.8) is 0 Å².